The number of thiophene rings is 1. The van der Waals surface area contributed by atoms with E-state index in [2.05, 4.69) is 31.0 Å². The third-order valence-electron chi connectivity index (χ3n) is 6.93. The van der Waals surface area contributed by atoms with E-state index in [4.69, 9.17) is 0 Å². The summed E-state index contributed by atoms with van der Waals surface area (Å²) in [6.45, 7) is 8.98. The number of nitrogens with one attached hydrogen (secondary N) is 1. The van der Waals surface area contributed by atoms with Crippen LogP contribution in [0, 0.1) is 10.8 Å². The predicted octanol–water partition coefficient (Wildman–Crippen LogP) is 4.77. The van der Waals surface area contributed by atoms with Crippen LogP contribution in [-0.4, -0.2) is 28.2 Å². The van der Waals surface area contributed by atoms with Gasteiger partial charge in [-0.15, -0.1) is 21.6 Å². The number of hydrogen-bond donors (Lipinski definition) is 2. The Morgan fingerprint density at radius 3 is 2.81 bits per heavy atom. The maximum atomic E-state index is 12.3. The van der Waals surface area contributed by atoms with Crippen LogP contribution in [0.2, 0.25) is 0 Å². The molecule has 5 rings (SSSR count). The first-order chi connectivity index (χ1) is 14.7. The lowest BCUT2D eigenvalue weighted by molar-refractivity contribution is -0.936. The van der Waals surface area contributed by atoms with Gasteiger partial charge in [0.2, 0.25) is 5.88 Å². The van der Waals surface area contributed by atoms with Crippen molar-refractivity contribution in [3.8, 4) is 5.88 Å². The number of azo groups is 1. The number of quaternary nitrogens is 1. The number of likely N-dealkylation sites (tertiary alicyclic amines) is 1. The average molecular weight is 438 g/mol. The van der Waals surface area contributed by atoms with Crippen molar-refractivity contribution in [1.82, 2.24) is 4.57 Å². The van der Waals surface area contributed by atoms with Gasteiger partial charge in [0.1, 0.15) is 0 Å². The van der Waals surface area contributed by atoms with Crippen LogP contribution in [-0.2, 0) is 6.67 Å². The van der Waals surface area contributed by atoms with Gasteiger partial charge in [-0.3, -0.25) is 9.36 Å². The SMILES string of the molecule is CC1(C)C[C@H]2C[C@](C)(C[NH+]2Cn2c(O)c(N=NC(=O)c3cccs3)c3ccccc32)C1. The van der Waals surface area contributed by atoms with Gasteiger partial charge in [0.15, 0.2) is 12.4 Å². The standard InChI is InChI=1S/C24H28N4O2S/c1-23(2)11-16-12-24(3,13-23)14-27(16)15-28-18-8-5-4-7-17(18)20(22(28)30)25-26-21(29)19-9-6-10-31-19/h4-10,16,30H,11-15H2,1-3H3/p+1/t16-,24-/m0/s1. The van der Waals surface area contributed by atoms with E-state index in [0.717, 1.165) is 17.4 Å². The number of carbonyl (C=O) groups excluding carboxylic acids is 1. The number of aromatic nitrogens is 1. The molecule has 2 aliphatic rings. The van der Waals surface area contributed by atoms with Gasteiger partial charge >= 0.3 is 5.91 Å². The number of benzene rings is 1. The molecule has 2 N–H and O–H groups in total. The highest BCUT2D eigenvalue weighted by molar-refractivity contribution is 7.12. The zero-order valence-electron chi connectivity index (χ0n) is 18.3. The van der Waals surface area contributed by atoms with E-state index >= 15 is 0 Å². The Bertz CT molecular complexity index is 1160. The van der Waals surface area contributed by atoms with E-state index in [1.54, 1.807) is 6.07 Å². The van der Waals surface area contributed by atoms with Gasteiger partial charge in [-0.1, -0.05) is 45.0 Å². The van der Waals surface area contributed by atoms with Crippen molar-refractivity contribution in [2.75, 3.05) is 6.54 Å². The fourth-order valence-corrected chi connectivity index (χ4v) is 6.82. The van der Waals surface area contributed by atoms with Crippen molar-refractivity contribution in [3.05, 3.63) is 46.7 Å². The van der Waals surface area contributed by atoms with Crippen molar-refractivity contribution >= 4 is 33.8 Å². The lowest BCUT2D eigenvalue weighted by Crippen LogP contribution is -3.13. The minimum atomic E-state index is -0.389. The number of nitrogens with zero attached hydrogens (tertiary/aromatic N) is 3. The minimum Gasteiger partial charge on any atom is -0.493 e. The smallest absolute Gasteiger partial charge is 0.305 e. The maximum absolute atomic E-state index is 12.3. The molecule has 0 radical (unpaired) electrons. The second kappa shape index (κ2) is 7.28. The van der Waals surface area contributed by atoms with Gasteiger partial charge in [0.05, 0.1) is 23.0 Å². The molecule has 1 aliphatic carbocycles. The van der Waals surface area contributed by atoms with Crippen LogP contribution in [0.3, 0.4) is 0 Å². The molecule has 2 bridgehead atoms. The zero-order chi connectivity index (χ0) is 21.8. The van der Waals surface area contributed by atoms with Gasteiger partial charge in [-0.25, -0.2) is 0 Å². The minimum absolute atomic E-state index is 0.0855. The number of carbonyl (C=O) groups is 1. The summed E-state index contributed by atoms with van der Waals surface area (Å²) in [5.74, 6) is -0.303. The second-order valence-corrected chi connectivity index (χ2v) is 11.3. The van der Waals surface area contributed by atoms with Crippen LogP contribution >= 0.6 is 11.3 Å². The molecule has 31 heavy (non-hydrogen) atoms. The quantitative estimate of drug-likeness (QED) is 0.577. The van der Waals surface area contributed by atoms with Gasteiger partial charge in [-0.2, -0.15) is 0 Å². The van der Waals surface area contributed by atoms with E-state index in [1.807, 2.05) is 40.3 Å². The molecule has 2 aromatic heterocycles. The molecule has 6 nitrogen and oxygen atoms in total. The molecule has 1 saturated carbocycles. The van der Waals surface area contributed by atoms with Crippen LogP contribution in [0.4, 0.5) is 5.69 Å². The molecular weight excluding hydrogens is 408 g/mol. The van der Waals surface area contributed by atoms with E-state index in [-0.39, 0.29) is 11.8 Å². The van der Waals surface area contributed by atoms with Gasteiger partial charge in [0, 0.05) is 23.6 Å². The number of fused-ring (bicyclic) bond motifs is 3. The van der Waals surface area contributed by atoms with Crippen molar-refractivity contribution < 1.29 is 14.8 Å². The average Bonchev–Trinajstić information content (AvgIpc) is 3.37. The summed E-state index contributed by atoms with van der Waals surface area (Å²) < 4.78 is 1.95. The molecule has 7 heteroatoms. The van der Waals surface area contributed by atoms with Crippen LogP contribution in [0.15, 0.2) is 52.0 Å². The molecule has 1 aliphatic heterocycles. The summed E-state index contributed by atoms with van der Waals surface area (Å²) in [6, 6.07) is 12.0. The highest BCUT2D eigenvalue weighted by Crippen LogP contribution is 2.47. The Kier molecular flexibility index (Phi) is 4.79. The monoisotopic (exact) mass is 437 g/mol. The summed E-state index contributed by atoms with van der Waals surface area (Å²) in [7, 11) is 0. The Morgan fingerprint density at radius 2 is 2.03 bits per heavy atom. The normalized spacial score (nSPS) is 27.3. The first-order valence-corrected chi connectivity index (χ1v) is 11.8. The first kappa shape index (κ1) is 20.4. The highest BCUT2D eigenvalue weighted by atomic mass is 32.1. The molecule has 3 aromatic rings. The lowest BCUT2D eigenvalue weighted by atomic mass is 9.65. The Morgan fingerprint density at radius 1 is 1.23 bits per heavy atom. The highest BCUT2D eigenvalue weighted by Gasteiger charge is 2.52. The third-order valence-corrected chi connectivity index (χ3v) is 7.78. The Balaban J connectivity index is 1.48. The summed E-state index contributed by atoms with van der Waals surface area (Å²) in [4.78, 5) is 14.3. The topological polar surface area (TPSA) is 71.4 Å². The Hall–Kier alpha value is -2.51. The largest absolute Gasteiger partial charge is 0.493 e. The van der Waals surface area contributed by atoms with Crippen molar-refractivity contribution in [3.63, 3.8) is 0 Å². The Labute approximate surface area is 186 Å². The van der Waals surface area contributed by atoms with Gasteiger partial charge in [0.25, 0.3) is 0 Å². The number of para-hydroxylation sites is 1. The van der Waals surface area contributed by atoms with Crippen molar-refractivity contribution in [1.29, 1.82) is 0 Å². The number of hydrogen-bond acceptors (Lipinski definition) is 4. The molecule has 2 fully saturated rings. The molecule has 1 aromatic carbocycles. The number of aromatic hydroxyl groups is 1. The van der Waals surface area contributed by atoms with E-state index in [1.165, 1.54) is 35.5 Å². The molecule has 162 valence electrons. The molecule has 3 atom stereocenters. The fraction of sp³-hybridized carbons (Fsp3) is 0.458. The lowest BCUT2D eigenvalue weighted by Gasteiger charge is -2.37. The molecule has 3 heterocycles. The van der Waals surface area contributed by atoms with Crippen LogP contribution in [0.1, 0.15) is 49.7 Å². The maximum Gasteiger partial charge on any atom is 0.305 e. The van der Waals surface area contributed by atoms with E-state index in [0.29, 0.717) is 34.1 Å². The van der Waals surface area contributed by atoms with Crippen LogP contribution < -0.4 is 4.90 Å². The van der Waals surface area contributed by atoms with Crippen LogP contribution in [0.25, 0.3) is 10.9 Å². The summed E-state index contributed by atoms with van der Waals surface area (Å²) in [5, 5.41) is 21.8. The summed E-state index contributed by atoms with van der Waals surface area (Å²) >= 11 is 1.33. The summed E-state index contributed by atoms with van der Waals surface area (Å²) in [5.41, 5.74) is 2.02. The zero-order valence-corrected chi connectivity index (χ0v) is 19.1. The molecule has 1 unspecified atom stereocenters. The van der Waals surface area contributed by atoms with E-state index < -0.39 is 0 Å². The molecular formula is C24H29N4O2S+. The van der Waals surface area contributed by atoms with Gasteiger partial charge in [-0.05, 0) is 29.3 Å². The van der Waals surface area contributed by atoms with Crippen LogP contribution in [0.5, 0.6) is 5.88 Å². The van der Waals surface area contributed by atoms with Gasteiger partial charge < -0.3 is 10.0 Å². The predicted molar refractivity (Wildman–Crippen MR) is 122 cm³/mol. The van der Waals surface area contributed by atoms with Crippen molar-refractivity contribution in [2.45, 2.75) is 52.7 Å². The van der Waals surface area contributed by atoms with Crippen molar-refractivity contribution in [2.24, 2.45) is 21.1 Å². The molecule has 0 spiro atoms. The molecule has 1 saturated heterocycles. The fourth-order valence-electron chi connectivity index (χ4n) is 6.21. The van der Waals surface area contributed by atoms with E-state index in [9.17, 15) is 9.90 Å². The first-order valence-electron chi connectivity index (χ1n) is 10.9. The summed E-state index contributed by atoms with van der Waals surface area (Å²) in [6.07, 6.45) is 3.70. The number of rotatable bonds is 4. The molecule has 1 amide bonds. The third kappa shape index (κ3) is 3.70. The number of amides is 1. The second-order valence-electron chi connectivity index (χ2n) is 10.3.